The summed E-state index contributed by atoms with van der Waals surface area (Å²) in [6.45, 7) is 5.53. The zero-order valence-electron chi connectivity index (χ0n) is 12.3. The topological polar surface area (TPSA) is 33.3 Å². The molecule has 0 aromatic heterocycles. The highest BCUT2D eigenvalue weighted by Crippen LogP contribution is 2.26. The summed E-state index contributed by atoms with van der Waals surface area (Å²) in [6, 6.07) is 7.38. The van der Waals surface area contributed by atoms with Crippen LogP contribution in [0.15, 0.2) is 18.2 Å². The summed E-state index contributed by atoms with van der Waals surface area (Å²) in [7, 11) is 1.73. The molecule has 0 bridgehead atoms. The zero-order valence-corrected chi connectivity index (χ0v) is 12.3. The van der Waals surface area contributed by atoms with Crippen molar-refractivity contribution in [3.8, 4) is 5.75 Å². The second-order valence-electron chi connectivity index (χ2n) is 5.63. The number of piperidine rings is 1. The maximum Gasteiger partial charge on any atom is 0.141 e. The van der Waals surface area contributed by atoms with Crippen molar-refractivity contribution in [1.82, 2.24) is 5.32 Å². The van der Waals surface area contributed by atoms with Crippen LogP contribution in [-0.2, 0) is 0 Å². The Balaban J connectivity index is 1.93. The van der Waals surface area contributed by atoms with Gasteiger partial charge in [-0.2, -0.15) is 0 Å². The van der Waals surface area contributed by atoms with E-state index in [1.54, 1.807) is 7.11 Å². The Kier molecular flexibility index (Phi) is 5.08. The van der Waals surface area contributed by atoms with Crippen molar-refractivity contribution >= 4 is 5.69 Å². The Morgan fingerprint density at radius 3 is 2.95 bits per heavy atom. The Bertz CT molecular complexity index is 400. The molecule has 1 aromatic rings. The van der Waals surface area contributed by atoms with E-state index in [1.807, 2.05) is 6.07 Å². The lowest BCUT2D eigenvalue weighted by Gasteiger charge is -2.27. The molecule has 2 unspecified atom stereocenters. The second-order valence-corrected chi connectivity index (χ2v) is 5.63. The lowest BCUT2D eigenvalue weighted by atomic mass is 9.98. The molecule has 0 amide bonds. The van der Waals surface area contributed by atoms with Gasteiger partial charge in [-0.1, -0.05) is 12.5 Å². The van der Waals surface area contributed by atoms with E-state index in [9.17, 15) is 0 Å². The van der Waals surface area contributed by atoms with Crippen molar-refractivity contribution in [3.05, 3.63) is 23.8 Å². The summed E-state index contributed by atoms with van der Waals surface area (Å²) in [5, 5.41) is 7.19. The first-order valence-electron chi connectivity index (χ1n) is 7.33. The van der Waals surface area contributed by atoms with Gasteiger partial charge < -0.3 is 15.4 Å². The van der Waals surface area contributed by atoms with Gasteiger partial charge in [0.15, 0.2) is 0 Å². The second kappa shape index (κ2) is 6.80. The van der Waals surface area contributed by atoms with Crippen LogP contribution in [0.4, 0.5) is 5.69 Å². The Morgan fingerprint density at radius 2 is 2.26 bits per heavy atom. The van der Waals surface area contributed by atoms with Crippen LogP contribution in [0.25, 0.3) is 0 Å². The smallest absolute Gasteiger partial charge is 0.141 e. The minimum Gasteiger partial charge on any atom is -0.495 e. The van der Waals surface area contributed by atoms with E-state index in [-0.39, 0.29) is 0 Å². The molecule has 1 aromatic carbocycles. The van der Waals surface area contributed by atoms with Gasteiger partial charge in [0.25, 0.3) is 0 Å². The summed E-state index contributed by atoms with van der Waals surface area (Å²) in [4.78, 5) is 0. The number of aryl methyl sites for hydroxylation is 1. The van der Waals surface area contributed by atoms with Crippen molar-refractivity contribution in [2.75, 3.05) is 19.0 Å². The molecule has 0 spiro atoms. The molecule has 3 nitrogen and oxygen atoms in total. The van der Waals surface area contributed by atoms with E-state index in [0.717, 1.165) is 17.9 Å². The van der Waals surface area contributed by atoms with Crippen LogP contribution in [0, 0.1) is 6.92 Å². The predicted octanol–water partition coefficient (Wildman–Crippen LogP) is 3.34. The fraction of sp³-hybridized carbons (Fsp3) is 0.625. The molecular formula is C16H26N2O. The molecule has 2 rings (SSSR count). The monoisotopic (exact) mass is 262 g/mol. The van der Waals surface area contributed by atoms with Crippen molar-refractivity contribution in [1.29, 1.82) is 0 Å². The highest BCUT2D eigenvalue weighted by molar-refractivity contribution is 5.58. The highest BCUT2D eigenvalue weighted by atomic mass is 16.5. The molecule has 106 valence electrons. The zero-order chi connectivity index (χ0) is 13.7. The molecule has 0 aliphatic carbocycles. The first-order chi connectivity index (χ1) is 9.19. The SMILES string of the molecule is COc1ccc(C)cc1NC(C)CC1CCCCN1. The number of ether oxygens (including phenoxy) is 1. The molecule has 19 heavy (non-hydrogen) atoms. The first-order valence-corrected chi connectivity index (χ1v) is 7.33. The van der Waals surface area contributed by atoms with Crippen molar-refractivity contribution in [3.63, 3.8) is 0 Å². The average molecular weight is 262 g/mol. The number of methoxy groups -OCH3 is 1. The van der Waals surface area contributed by atoms with E-state index in [0.29, 0.717) is 12.1 Å². The third-order valence-corrected chi connectivity index (χ3v) is 3.81. The van der Waals surface area contributed by atoms with Crippen molar-refractivity contribution in [2.45, 2.75) is 51.6 Å². The van der Waals surface area contributed by atoms with Crippen molar-refractivity contribution in [2.24, 2.45) is 0 Å². The Labute approximate surface area is 116 Å². The maximum absolute atomic E-state index is 5.41. The number of nitrogens with one attached hydrogen (secondary N) is 2. The van der Waals surface area contributed by atoms with Crippen LogP contribution in [0.2, 0.25) is 0 Å². The normalized spacial score (nSPS) is 20.9. The van der Waals surface area contributed by atoms with Gasteiger partial charge in [-0.05, 0) is 57.4 Å². The third kappa shape index (κ3) is 4.13. The Hall–Kier alpha value is -1.22. The summed E-state index contributed by atoms with van der Waals surface area (Å²) in [6.07, 6.45) is 5.15. The third-order valence-electron chi connectivity index (χ3n) is 3.81. The van der Waals surface area contributed by atoms with Gasteiger partial charge in [-0.3, -0.25) is 0 Å². The van der Waals surface area contributed by atoms with Crippen LogP contribution in [0.3, 0.4) is 0 Å². The molecule has 0 radical (unpaired) electrons. The van der Waals surface area contributed by atoms with E-state index in [4.69, 9.17) is 4.74 Å². The van der Waals surface area contributed by atoms with Gasteiger partial charge in [0, 0.05) is 12.1 Å². The first kappa shape index (κ1) is 14.2. The fourth-order valence-corrected chi connectivity index (χ4v) is 2.81. The molecule has 0 saturated carbocycles. The van der Waals surface area contributed by atoms with Gasteiger partial charge in [0.05, 0.1) is 12.8 Å². The van der Waals surface area contributed by atoms with Gasteiger partial charge in [0.2, 0.25) is 0 Å². The maximum atomic E-state index is 5.41. The van der Waals surface area contributed by atoms with E-state index < -0.39 is 0 Å². The van der Waals surface area contributed by atoms with E-state index in [2.05, 4.69) is 36.6 Å². The van der Waals surface area contributed by atoms with E-state index >= 15 is 0 Å². The van der Waals surface area contributed by atoms with Gasteiger partial charge in [-0.25, -0.2) is 0 Å². The largest absolute Gasteiger partial charge is 0.495 e. The van der Waals surface area contributed by atoms with Crippen LogP contribution < -0.4 is 15.4 Å². The Morgan fingerprint density at radius 1 is 1.42 bits per heavy atom. The molecule has 3 heteroatoms. The van der Waals surface area contributed by atoms with Crippen LogP contribution in [0.1, 0.15) is 38.2 Å². The van der Waals surface area contributed by atoms with Crippen LogP contribution in [-0.4, -0.2) is 25.7 Å². The number of anilines is 1. The standard InChI is InChI=1S/C16H26N2O/c1-12-7-8-16(19-3)15(10-12)18-13(2)11-14-6-4-5-9-17-14/h7-8,10,13-14,17-18H,4-6,9,11H2,1-3H3. The number of hydrogen-bond acceptors (Lipinski definition) is 3. The number of rotatable bonds is 5. The average Bonchev–Trinajstić information content (AvgIpc) is 2.40. The number of hydrogen-bond donors (Lipinski definition) is 2. The summed E-state index contributed by atoms with van der Waals surface area (Å²) < 4.78 is 5.41. The molecule has 1 heterocycles. The summed E-state index contributed by atoms with van der Waals surface area (Å²) >= 11 is 0. The van der Waals surface area contributed by atoms with Crippen LogP contribution >= 0.6 is 0 Å². The van der Waals surface area contributed by atoms with Gasteiger partial charge in [0.1, 0.15) is 5.75 Å². The molecule has 1 fully saturated rings. The molecule has 2 atom stereocenters. The minimum atomic E-state index is 0.450. The van der Waals surface area contributed by atoms with E-state index in [1.165, 1.54) is 31.4 Å². The minimum absolute atomic E-state index is 0.450. The van der Waals surface area contributed by atoms with Crippen LogP contribution in [0.5, 0.6) is 5.75 Å². The fourth-order valence-electron chi connectivity index (χ4n) is 2.81. The lowest BCUT2D eigenvalue weighted by molar-refractivity contribution is 0.370. The quantitative estimate of drug-likeness (QED) is 0.854. The molecule has 1 aliphatic rings. The summed E-state index contributed by atoms with van der Waals surface area (Å²) in [5.41, 5.74) is 2.36. The lowest BCUT2D eigenvalue weighted by Crippen LogP contribution is -2.37. The molecular weight excluding hydrogens is 236 g/mol. The predicted molar refractivity (Wildman–Crippen MR) is 81.1 cm³/mol. The number of benzene rings is 1. The molecule has 2 N–H and O–H groups in total. The van der Waals surface area contributed by atoms with Gasteiger partial charge >= 0.3 is 0 Å². The molecule has 1 saturated heterocycles. The van der Waals surface area contributed by atoms with Crippen molar-refractivity contribution < 1.29 is 4.74 Å². The summed E-state index contributed by atoms with van der Waals surface area (Å²) in [5.74, 6) is 0.925. The highest BCUT2D eigenvalue weighted by Gasteiger charge is 2.16. The molecule has 1 aliphatic heterocycles. The van der Waals surface area contributed by atoms with Gasteiger partial charge in [-0.15, -0.1) is 0 Å².